The number of amides is 1. The van der Waals surface area contributed by atoms with Crippen LogP contribution in [0.25, 0.3) is 0 Å². The molecule has 0 fully saturated rings. The van der Waals surface area contributed by atoms with Gasteiger partial charge in [0.25, 0.3) is 0 Å². The molecule has 0 aliphatic heterocycles. The van der Waals surface area contributed by atoms with Gasteiger partial charge in [-0.1, -0.05) is 41.5 Å². The zero-order chi connectivity index (χ0) is 16.5. The van der Waals surface area contributed by atoms with Crippen LogP contribution in [-0.2, 0) is 9.59 Å². The summed E-state index contributed by atoms with van der Waals surface area (Å²) in [6.45, 7) is 4.22. The lowest BCUT2D eigenvalue weighted by Gasteiger charge is -2.23. The van der Waals surface area contributed by atoms with Crippen LogP contribution in [-0.4, -0.2) is 17.7 Å². The molecule has 0 aromatic heterocycles. The second kappa shape index (κ2) is 5.89. The minimum Gasteiger partial charge on any atom is -0.346 e. The summed E-state index contributed by atoms with van der Waals surface area (Å²) in [7, 11) is 0. The Bertz CT molecular complexity index is 390. The monoisotopic (exact) mass is 218 g/mol. The van der Waals surface area contributed by atoms with E-state index >= 15 is 0 Å². The highest BCUT2D eigenvalue weighted by molar-refractivity contribution is 5.90. The Kier molecular flexibility index (Phi) is 2.91. The molecule has 0 saturated heterocycles. The van der Waals surface area contributed by atoms with E-state index in [-0.39, 0.29) is 0 Å². The van der Waals surface area contributed by atoms with Gasteiger partial charge in [0.2, 0.25) is 5.91 Å². The summed E-state index contributed by atoms with van der Waals surface area (Å²) in [5.74, 6) is -5.07. The van der Waals surface area contributed by atoms with Crippen molar-refractivity contribution in [1.82, 2.24) is 5.32 Å². The summed E-state index contributed by atoms with van der Waals surface area (Å²) in [6, 6.07) is -2.52. The topological polar surface area (TPSA) is 46.2 Å². The first kappa shape index (κ1) is 7.42. The molecule has 0 aromatic carbocycles. The minimum absolute atomic E-state index is 0.521. The first-order valence-electron chi connectivity index (χ1n) is 7.54. The SMILES string of the molecule is [2H]C([2H])([2H])C([2H])(C)C([2H])(NC(=O)C(C)C)C(=O)C(C)C. The van der Waals surface area contributed by atoms with Crippen molar-refractivity contribution in [3.63, 3.8) is 0 Å². The van der Waals surface area contributed by atoms with Crippen molar-refractivity contribution < 1.29 is 16.4 Å². The summed E-state index contributed by atoms with van der Waals surface area (Å²) in [5, 5.41) is 2.15. The summed E-state index contributed by atoms with van der Waals surface area (Å²) in [5.41, 5.74) is 0. The van der Waals surface area contributed by atoms with Gasteiger partial charge < -0.3 is 5.32 Å². The van der Waals surface area contributed by atoms with E-state index in [2.05, 4.69) is 5.32 Å². The summed E-state index contributed by atoms with van der Waals surface area (Å²) < 4.78 is 38.4. The first-order valence-corrected chi connectivity index (χ1v) is 5.04. The Labute approximate surface area is 99.7 Å². The van der Waals surface area contributed by atoms with Crippen LogP contribution in [0.4, 0.5) is 0 Å². The molecule has 88 valence electrons. The number of hydrogen-bond donors (Lipinski definition) is 1. The number of carbonyl (C=O) groups is 2. The molecule has 0 aliphatic rings. The molecule has 2 atom stereocenters. The molecule has 3 heteroatoms. The van der Waals surface area contributed by atoms with Crippen LogP contribution in [0.5, 0.6) is 0 Å². The molecular weight excluding hydrogens is 190 g/mol. The van der Waals surface area contributed by atoms with Gasteiger partial charge in [-0.25, -0.2) is 0 Å². The lowest BCUT2D eigenvalue weighted by molar-refractivity contribution is -0.131. The average molecular weight is 218 g/mol. The van der Waals surface area contributed by atoms with E-state index in [0.29, 0.717) is 0 Å². The first-order chi connectivity index (χ1) is 8.68. The average Bonchev–Trinajstić information content (AvgIpc) is 2.25. The van der Waals surface area contributed by atoms with Crippen LogP contribution in [0.15, 0.2) is 0 Å². The Morgan fingerprint density at radius 1 is 1.13 bits per heavy atom. The maximum absolute atomic E-state index is 12.2. The van der Waals surface area contributed by atoms with Crippen LogP contribution < -0.4 is 5.32 Å². The fourth-order valence-electron chi connectivity index (χ4n) is 0.896. The van der Waals surface area contributed by atoms with Crippen LogP contribution in [0.2, 0.25) is 0 Å². The molecule has 1 N–H and O–H groups in total. The van der Waals surface area contributed by atoms with Gasteiger partial charge in [-0.2, -0.15) is 0 Å². The standard InChI is InChI=1S/C12H23NO2/c1-7(2)10(11(14)8(3)4)13-12(15)9(5)6/h7-10H,1-6H3,(H,13,15)/i1D3,7D,10D. The number of hydrogen-bond acceptors (Lipinski definition) is 2. The van der Waals surface area contributed by atoms with Gasteiger partial charge in [0, 0.05) is 17.3 Å². The molecule has 0 rings (SSSR count). The van der Waals surface area contributed by atoms with Crippen LogP contribution in [0, 0.1) is 17.7 Å². The summed E-state index contributed by atoms with van der Waals surface area (Å²) >= 11 is 0. The third-order valence-electron chi connectivity index (χ3n) is 1.92. The highest BCUT2D eigenvalue weighted by atomic mass is 16.2. The van der Waals surface area contributed by atoms with E-state index in [9.17, 15) is 9.59 Å². The molecule has 0 heterocycles. The Hall–Kier alpha value is -0.860. The molecule has 1 amide bonds. The van der Waals surface area contributed by atoms with E-state index in [4.69, 9.17) is 6.85 Å². The van der Waals surface area contributed by atoms with Gasteiger partial charge in [-0.05, 0) is 5.89 Å². The zero-order valence-corrected chi connectivity index (χ0v) is 9.97. The molecule has 3 nitrogen and oxygen atoms in total. The lowest BCUT2D eigenvalue weighted by Crippen LogP contribution is -2.47. The zero-order valence-electron chi connectivity index (χ0n) is 15.0. The second-order valence-electron chi connectivity index (χ2n) is 4.16. The van der Waals surface area contributed by atoms with Gasteiger partial charge in [-0.3, -0.25) is 9.59 Å². The third kappa shape index (κ3) is 4.45. The Morgan fingerprint density at radius 3 is 2.00 bits per heavy atom. The number of carbonyl (C=O) groups excluding carboxylic acids is 2. The molecule has 0 radical (unpaired) electrons. The van der Waals surface area contributed by atoms with E-state index in [1.165, 1.54) is 13.8 Å². The maximum Gasteiger partial charge on any atom is 0.223 e. The van der Waals surface area contributed by atoms with Crippen molar-refractivity contribution in [3.8, 4) is 0 Å². The van der Waals surface area contributed by atoms with Gasteiger partial charge in [0.05, 0.1) is 7.39 Å². The molecule has 2 unspecified atom stereocenters. The second-order valence-corrected chi connectivity index (χ2v) is 4.16. The van der Waals surface area contributed by atoms with Crippen molar-refractivity contribution in [2.75, 3.05) is 0 Å². The van der Waals surface area contributed by atoms with Crippen LogP contribution in [0.1, 0.15) is 48.3 Å². The van der Waals surface area contributed by atoms with E-state index < -0.39 is 42.3 Å². The summed E-state index contributed by atoms with van der Waals surface area (Å²) in [4.78, 5) is 24.1. The van der Waals surface area contributed by atoms with E-state index in [1.807, 2.05) is 0 Å². The molecule has 0 aromatic rings. The van der Waals surface area contributed by atoms with Gasteiger partial charge >= 0.3 is 0 Å². The normalized spacial score (nSPS) is 25.1. The molecular formula is C12H23NO2. The number of nitrogens with one attached hydrogen (secondary N) is 1. The molecule has 0 saturated carbocycles. The predicted molar refractivity (Wildman–Crippen MR) is 61.5 cm³/mol. The fourth-order valence-corrected chi connectivity index (χ4v) is 0.896. The van der Waals surface area contributed by atoms with E-state index in [0.717, 1.165) is 6.92 Å². The van der Waals surface area contributed by atoms with E-state index in [1.54, 1.807) is 13.8 Å². The number of Topliss-reactive ketones (excluding diaryl/α,β-unsaturated/α-hetero) is 1. The predicted octanol–water partition coefficient (Wildman–Crippen LogP) is 2.01. The lowest BCUT2D eigenvalue weighted by atomic mass is 9.92. The quantitative estimate of drug-likeness (QED) is 0.767. The highest BCUT2D eigenvalue weighted by Crippen LogP contribution is 2.10. The van der Waals surface area contributed by atoms with Crippen molar-refractivity contribution in [2.24, 2.45) is 17.7 Å². The molecule has 0 bridgehead atoms. The molecule has 0 spiro atoms. The summed E-state index contributed by atoms with van der Waals surface area (Å²) in [6.07, 6.45) is 0. The molecule has 0 aliphatic carbocycles. The Balaban J connectivity index is 5.84. The van der Waals surface area contributed by atoms with Crippen LogP contribution >= 0.6 is 0 Å². The fraction of sp³-hybridized carbons (Fsp3) is 0.833. The minimum atomic E-state index is -2.89. The van der Waals surface area contributed by atoms with Gasteiger partial charge in [-0.15, -0.1) is 0 Å². The largest absolute Gasteiger partial charge is 0.346 e. The van der Waals surface area contributed by atoms with Gasteiger partial charge in [0.15, 0.2) is 5.78 Å². The Morgan fingerprint density at radius 2 is 1.67 bits per heavy atom. The van der Waals surface area contributed by atoms with Crippen molar-refractivity contribution in [3.05, 3.63) is 0 Å². The highest BCUT2D eigenvalue weighted by Gasteiger charge is 2.26. The van der Waals surface area contributed by atoms with Crippen molar-refractivity contribution in [1.29, 1.82) is 0 Å². The maximum atomic E-state index is 12.2. The smallest absolute Gasteiger partial charge is 0.223 e. The van der Waals surface area contributed by atoms with Gasteiger partial charge in [0.1, 0.15) is 0 Å². The third-order valence-corrected chi connectivity index (χ3v) is 1.92. The number of rotatable bonds is 5. The van der Waals surface area contributed by atoms with Crippen LogP contribution in [0.3, 0.4) is 0 Å². The van der Waals surface area contributed by atoms with Crippen molar-refractivity contribution in [2.45, 2.75) is 47.5 Å². The number of ketones is 1. The molecule has 15 heavy (non-hydrogen) atoms. The van der Waals surface area contributed by atoms with Crippen molar-refractivity contribution >= 4 is 11.7 Å².